The van der Waals surface area contributed by atoms with E-state index >= 15 is 0 Å². The molecular weight excluding hydrogens is 224 g/mol. The standard InChI is InChI=1S/C12H15F2N3/c13-11(14)10-8-17(7-6-16-10)12(15)9-4-2-1-3-5-9/h1-5,10-11,15-16H,6-8H2. The smallest absolute Gasteiger partial charge is 0.255 e. The first kappa shape index (κ1) is 12.0. The quantitative estimate of drug-likeness (QED) is 0.607. The summed E-state index contributed by atoms with van der Waals surface area (Å²) in [5.74, 6) is 0.317. The summed E-state index contributed by atoms with van der Waals surface area (Å²) in [6.45, 7) is 1.27. The molecule has 0 amide bonds. The van der Waals surface area contributed by atoms with Gasteiger partial charge in [-0.15, -0.1) is 0 Å². The van der Waals surface area contributed by atoms with Crippen molar-refractivity contribution in [2.75, 3.05) is 19.6 Å². The lowest BCUT2D eigenvalue weighted by atomic mass is 10.1. The van der Waals surface area contributed by atoms with Gasteiger partial charge < -0.3 is 10.2 Å². The van der Waals surface area contributed by atoms with Crippen LogP contribution < -0.4 is 5.32 Å². The summed E-state index contributed by atoms with van der Waals surface area (Å²) in [7, 11) is 0. The van der Waals surface area contributed by atoms with Gasteiger partial charge in [-0.1, -0.05) is 30.3 Å². The van der Waals surface area contributed by atoms with Crippen LogP contribution in [0.5, 0.6) is 0 Å². The highest BCUT2D eigenvalue weighted by atomic mass is 19.3. The Balaban J connectivity index is 2.05. The minimum absolute atomic E-state index is 0.186. The molecule has 1 unspecified atom stereocenters. The molecule has 0 spiro atoms. The molecule has 17 heavy (non-hydrogen) atoms. The van der Waals surface area contributed by atoms with Crippen LogP contribution in [0.3, 0.4) is 0 Å². The number of rotatable bonds is 2. The number of piperazine rings is 1. The Labute approximate surface area is 98.9 Å². The number of hydrogen-bond donors (Lipinski definition) is 2. The molecule has 0 saturated carbocycles. The molecule has 92 valence electrons. The maximum Gasteiger partial charge on any atom is 0.255 e. The highest BCUT2D eigenvalue weighted by Crippen LogP contribution is 2.11. The Hall–Kier alpha value is -1.49. The fourth-order valence-corrected chi connectivity index (χ4v) is 1.93. The van der Waals surface area contributed by atoms with Gasteiger partial charge in [0.2, 0.25) is 0 Å². The Morgan fingerprint density at radius 2 is 2.06 bits per heavy atom. The number of nitrogens with one attached hydrogen (secondary N) is 2. The normalized spacial score (nSPS) is 20.6. The molecule has 0 aliphatic carbocycles. The van der Waals surface area contributed by atoms with Gasteiger partial charge in [-0.25, -0.2) is 8.78 Å². The maximum atomic E-state index is 12.6. The number of amidine groups is 1. The van der Waals surface area contributed by atoms with Gasteiger partial charge in [0, 0.05) is 25.2 Å². The van der Waals surface area contributed by atoms with Gasteiger partial charge in [0.05, 0.1) is 6.04 Å². The molecule has 1 aromatic carbocycles. The minimum atomic E-state index is -2.39. The second-order valence-electron chi connectivity index (χ2n) is 4.06. The minimum Gasteiger partial charge on any atom is -0.354 e. The highest BCUT2D eigenvalue weighted by Gasteiger charge is 2.27. The predicted octanol–water partition coefficient (Wildman–Crippen LogP) is 1.55. The van der Waals surface area contributed by atoms with Crippen molar-refractivity contribution in [1.29, 1.82) is 5.41 Å². The molecular formula is C12H15F2N3. The van der Waals surface area contributed by atoms with Gasteiger partial charge in [-0.3, -0.25) is 5.41 Å². The van der Waals surface area contributed by atoms with Crippen molar-refractivity contribution in [2.24, 2.45) is 0 Å². The molecule has 1 aliphatic heterocycles. The van der Waals surface area contributed by atoms with Crippen LogP contribution in [-0.4, -0.2) is 42.8 Å². The van der Waals surface area contributed by atoms with Crippen LogP contribution in [0.2, 0.25) is 0 Å². The lowest BCUT2D eigenvalue weighted by Gasteiger charge is -2.34. The van der Waals surface area contributed by atoms with E-state index in [1.807, 2.05) is 30.3 Å². The lowest BCUT2D eigenvalue weighted by Crippen LogP contribution is -2.55. The molecule has 0 bridgehead atoms. The average molecular weight is 239 g/mol. The summed E-state index contributed by atoms with van der Waals surface area (Å²) in [5, 5.41) is 10.8. The molecule has 1 heterocycles. The van der Waals surface area contributed by atoms with Gasteiger partial charge in [0.15, 0.2) is 0 Å². The van der Waals surface area contributed by atoms with Crippen LogP contribution in [0.25, 0.3) is 0 Å². The zero-order valence-corrected chi connectivity index (χ0v) is 9.37. The SMILES string of the molecule is N=C(c1ccccc1)N1CCNC(C(F)F)C1. The fraction of sp³-hybridized carbons (Fsp3) is 0.417. The molecule has 0 aromatic heterocycles. The zero-order valence-electron chi connectivity index (χ0n) is 9.37. The van der Waals surface area contributed by atoms with E-state index in [4.69, 9.17) is 5.41 Å². The molecule has 1 atom stereocenters. The van der Waals surface area contributed by atoms with Crippen LogP contribution in [0.15, 0.2) is 30.3 Å². The second kappa shape index (κ2) is 5.23. The molecule has 5 heteroatoms. The van der Waals surface area contributed by atoms with Crippen LogP contribution in [0, 0.1) is 5.41 Å². The number of alkyl halides is 2. The Morgan fingerprint density at radius 1 is 1.35 bits per heavy atom. The molecule has 1 aliphatic rings. The summed E-state index contributed by atoms with van der Waals surface area (Å²) < 4.78 is 25.2. The van der Waals surface area contributed by atoms with E-state index in [0.717, 1.165) is 5.56 Å². The third kappa shape index (κ3) is 2.79. The number of benzene rings is 1. The van der Waals surface area contributed by atoms with E-state index in [-0.39, 0.29) is 6.54 Å². The van der Waals surface area contributed by atoms with E-state index in [2.05, 4.69) is 5.32 Å². The summed E-state index contributed by atoms with van der Waals surface area (Å²) in [4.78, 5) is 1.70. The molecule has 3 nitrogen and oxygen atoms in total. The van der Waals surface area contributed by atoms with Crippen LogP contribution >= 0.6 is 0 Å². The molecule has 1 fully saturated rings. The first-order valence-electron chi connectivity index (χ1n) is 5.59. The van der Waals surface area contributed by atoms with Gasteiger partial charge in [-0.05, 0) is 0 Å². The number of hydrogen-bond acceptors (Lipinski definition) is 2. The third-order valence-corrected chi connectivity index (χ3v) is 2.87. The molecule has 1 aromatic rings. The summed E-state index contributed by atoms with van der Waals surface area (Å²) in [6, 6.07) is 8.36. The lowest BCUT2D eigenvalue weighted by molar-refractivity contribution is 0.0737. The third-order valence-electron chi connectivity index (χ3n) is 2.87. The van der Waals surface area contributed by atoms with Crippen molar-refractivity contribution in [3.05, 3.63) is 35.9 Å². The first-order chi connectivity index (χ1) is 8.18. The number of halogens is 2. The van der Waals surface area contributed by atoms with E-state index in [1.165, 1.54) is 0 Å². The van der Waals surface area contributed by atoms with E-state index < -0.39 is 12.5 Å². The van der Waals surface area contributed by atoms with Gasteiger partial charge in [-0.2, -0.15) is 0 Å². The molecule has 1 saturated heterocycles. The highest BCUT2D eigenvalue weighted by molar-refractivity contribution is 5.96. The van der Waals surface area contributed by atoms with Crippen molar-refractivity contribution in [3.63, 3.8) is 0 Å². The maximum absolute atomic E-state index is 12.6. The van der Waals surface area contributed by atoms with Gasteiger partial charge >= 0.3 is 0 Å². The van der Waals surface area contributed by atoms with Crippen LogP contribution in [0.1, 0.15) is 5.56 Å². The molecule has 2 rings (SSSR count). The Morgan fingerprint density at radius 3 is 2.71 bits per heavy atom. The van der Waals surface area contributed by atoms with E-state index in [1.54, 1.807) is 4.90 Å². The van der Waals surface area contributed by atoms with Crippen molar-refractivity contribution < 1.29 is 8.78 Å². The Kier molecular flexibility index (Phi) is 3.68. The van der Waals surface area contributed by atoms with Gasteiger partial charge in [0.1, 0.15) is 5.84 Å². The summed E-state index contributed by atoms with van der Waals surface area (Å²) in [6.07, 6.45) is -2.39. The molecule has 0 radical (unpaired) electrons. The van der Waals surface area contributed by atoms with E-state index in [9.17, 15) is 8.78 Å². The van der Waals surface area contributed by atoms with Crippen LogP contribution in [-0.2, 0) is 0 Å². The topological polar surface area (TPSA) is 39.1 Å². The second-order valence-corrected chi connectivity index (χ2v) is 4.06. The zero-order chi connectivity index (χ0) is 12.3. The van der Waals surface area contributed by atoms with Crippen molar-refractivity contribution in [2.45, 2.75) is 12.5 Å². The fourth-order valence-electron chi connectivity index (χ4n) is 1.93. The van der Waals surface area contributed by atoms with Crippen LogP contribution in [0.4, 0.5) is 8.78 Å². The van der Waals surface area contributed by atoms with Gasteiger partial charge in [0.25, 0.3) is 6.43 Å². The van der Waals surface area contributed by atoms with Crippen molar-refractivity contribution in [3.8, 4) is 0 Å². The van der Waals surface area contributed by atoms with E-state index in [0.29, 0.717) is 18.9 Å². The Bertz CT molecular complexity index is 381. The molecule has 2 N–H and O–H groups in total. The van der Waals surface area contributed by atoms with Crippen molar-refractivity contribution in [1.82, 2.24) is 10.2 Å². The summed E-state index contributed by atoms with van der Waals surface area (Å²) >= 11 is 0. The summed E-state index contributed by atoms with van der Waals surface area (Å²) in [5.41, 5.74) is 0.766. The van der Waals surface area contributed by atoms with Crippen molar-refractivity contribution >= 4 is 5.84 Å². The largest absolute Gasteiger partial charge is 0.354 e. The monoisotopic (exact) mass is 239 g/mol. The first-order valence-corrected chi connectivity index (χ1v) is 5.59. The average Bonchev–Trinajstić information content (AvgIpc) is 2.39. The number of nitrogens with zero attached hydrogens (tertiary/aromatic N) is 1. The predicted molar refractivity (Wildman–Crippen MR) is 62.6 cm³/mol.